The van der Waals surface area contributed by atoms with E-state index in [2.05, 4.69) is 0 Å². The van der Waals surface area contributed by atoms with E-state index >= 15 is 0 Å². The fourth-order valence-electron chi connectivity index (χ4n) is 2.03. The first-order valence-electron chi connectivity index (χ1n) is 6.18. The van der Waals surface area contributed by atoms with Gasteiger partial charge in [-0.25, -0.2) is 0 Å². The summed E-state index contributed by atoms with van der Waals surface area (Å²) in [4.78, 5) is 24.8. The third kappa shape index (κ3) is 2.81. The van der Waals surface area contributed by atoms with Crippen LogP contribution in [0.4, 0.5) is 0 Å². The van der Waals surface area contributed by atoms with E-state index in [0.717, 1.165) is 0 Å². The number of amides is 1. The summed E-state index contributed by atoms with van der Waals surface area (Å²) in [7, 11) is 0. The Morgan fingerprint density at radius 2 is 2.22 bits per heavy atom. The summed E-state index contributed by atoms with van der Waals surface area (Å²) in [5.41, 5.74) is 5.17. The van der Waals surface area contributed by atoms with Gasteiger partial charge in [-0.05, 0) is 13.8 Å². The molecule has 3 unspecified atom stereocenters. The topological polar surface area (TPSA) is 92.9 Å². The Hall–Kier alpha value is -1.14. The van der Waals surface area contributed by atoms with Gasteiger partial charge in [-0.2, -0.15) is 0 Å². The number of hydrogen-bond donors (Lipinski definition) is 2. The molecule has 0 spiro atoms. The molecule has 1 rings (SSSR count). The smallest absolute Gasteiger partial charge is 0.308 e. The predicted octanol–water partition coefficient (Wildman–Crippen LogP) is -0.0806. The van der Waals surface area contributed by atoms with Gasteiger partial charge in [0, 0.05) is 19.1 Å². The van der Waals surface area contributed by atoms with E-state index in [1.54, 1.807) is 18.7 Å². The van der Waals surface area contributed by atoms with Crippen molar-refractivity contribution >= 4 is 11.9 Å². The molecule has 6 nitrogen and oxygen atoms in total. The van der Waals surface area contributed by atoms with Crippen molar-refractivity contribution in [3.8, 4) is 0 Å². The Labute approximate surface area is 107 Å². The molecule has 0 aromatic carbocycles. The average Bonchev–Trinajstić information content (AvgIpc) is 2.66. The molecule has 1 aliphatic heterocycles. The summed E-state index contributed by atoms with van der Waals surface area (Å²) < 4.78 is 5.25. The molecule has 6 heteroatoms. The SMILES string of the molecule is CCN(CC(C)C(=O)O)C(=O)C1(C)COCC1N. The van der Waals surface area contributed by atoms with Gasteiger partial charge in [0.25, 0.3) is 0 Å². The molecule has 1 fully saturated rings. The maximum atomic E-state index is 12.4. The van der Waals surface area contributed by atoms with E-state index in [1.807, 2.05) is 6.92 Å². The van der Waals surface area contributed by atoms with Gasteiger partial charge >= 0.3 is 5.97 Å². The number of nitrogens with two attached hydrogens (primary N) is 1. The number of hydrogen-bond acceptors (Lipinski definition) is 4. The molecule has 3 atom stereocenters. The fourth-order valence-corrected chi connectivity index (χ4v) is 2.03. The number of carboxylic acid groups (broad SMARTS) is 1. The zero-order chi connectivity index (χ0) is 13.9. The van der Waals surface area contributed by atoms with E-state index in [-0.39, 0.29) is 18.5 Å². The van der Waals surface area contributed by atoms with Crippen LogP contribution in [0.3, 0.4) is 0 Å². The minimum absolute atomic E-state index is 0.122. The normalized spacial score (nSPS) is 29.0. The van der Waals surface area contributed by atoms with Crippen molar-refractivity contribution in [3.63, 3.8) is 0 Å². The lowest BCUT2D eigenvalue weighted by Gasteiger charge is -2.33. The third-order valence-electron chi connectivity index (χ3n) is 3.59. The predicted molar refractivity (Wildman–Crippen MR) is 66.0 cm³/mol. The number of carbonyl (C=O) groups is 2. The van der Waals surface area contributed by atoms with Crippen LogP contribution in [0.5, 0.6) is 0 Å². The summed E-state index contributed by atoms with van der Waals surface area (Å²) in [6.45, 7) is 6.54. The molecule has 0 aromatic heterocycles. The lowest BCUT2D eigenvalue weighted by Crippen LogP contribution is -2.52. The van der Waals surface area contributed by atoms with Gasteiger partial charge in [0.2, 0.25) is 5.91 Å². The summed E-state index contributed by atoms with van der Waals surface area (Å²) in [6.07, 6.45) is 0. The first kappa shape index (κ1) is 14.9. The van der Waals surface area contributed by atoms with Crippen molar-refractivity contribution in [1.82, 2.24) is 4.90 Å². The molecule has 1 amide bonds. The van der Waals surface area contributed by atoms with Crippen molar-refractivity contribution in [2.24, 2.45) is 17.1 Å². The maximum Gasteiger partial charge on any atom is 0.308 e. The van der Waals surface area contributed by atoms with E-state index < -0.39 is 17.3 Å². The van der Waals surface area contributed by atoms with Crippen LogP contribution < -0.4 is 5.73 Å². The summed E-state index contributed by atoms with van der Waals surface area (Å²) >= 11 is 0. The second-order valence-corrected chi connectivity index (χ2v) is 5.12. The minimum atomic E-state index is -0.904. The van der Waals surface area contributed by atoms with Crippen molar-refractivity contribution in [3.05, 3.63) is 0 Å². The van der Waals surface area contributed by atoms with Crippen molar-refractivity contribution in [2.45, 2.75) is 26.8 Å². The van der Waals surface area contributed by atoms with Crippen LogP contribution in [0, 0.1) is 11.3 Å². The van der Waals surface area contributed by atoms with Crippen molar-refractivity contribution < 1.29 is 19.4 Å². The monoisotopic (exact) mass is 258 g/mol. The highest BCUT2D eigenvalue weighted by molar-refractivity contribution is 5.84. The summed E-state index contributed by atoms with van der Waals surface area (Å²) in [5, 5.41) is 8.90. The molecular weight excluding hydrogens is 236 g/mol. The van der Waals surface area contributed by atoms with E-state index in [4.69, 9.17) is 15.6 Å². The highest BCUT2D eigenvalue weighted by Crippen LogP contribution is 2.29. The molecule has 1 heterocycles. The Morgan fingerprint density at radius 3 is 2.61 bits per heavy atom. The molecule has 1 aliphatic rings. The quantitative estimate of drug-likeness (QED) is 0.719. The minimum Gasteiger partial charge on any atom is -0.481 e. The first-order chi connectivity index (χ1) is 8.32. The molecular formula is C12H22N2O4. The molecule has 18 heavy (non-hydrogen) atoms. The number of rotatable bonds is 5. The molecule has 0 radical (unpaired) electrons. The van der Waals surface area contributed by atoms with Gasteiger partial charge < -0.3 is 20.5 Å². The Morgan fingerprint density at radius 1 is 1.61 bits per heavy atom. The van der Waals surface area contributed by atoms with Gasteiger partial charge in [-0.3, -0.25) is 9.59 Å². The maximum absolute atomic E-state index is 12.4. The van der Waals surface area contributed by atoms with Crippen LogP contribution in [-0.4, -0.2) is 54.2 Å². The fraction of sp³-hybridized carbons (Fsp3) is 0.833. The number of nitrogens with zero attached hydrogens (tertiary/aromatic N) is 1. The van der Waals surface area contributed by atoms with Crippen LogP contribution in [0.15, 0.2) is 0 Å². The van der Waals surface area contributed by atoms with E-state index in [9.17, 15) is 9.59 Å². The largest absolute Gasteiger partial charge is 0.481 e. The molecule has 3 N–H and O–H groups in total. The van der Waals surface area contributed by atoms with Gasteiger partial charge in [0.15, 0.2) is 0 Å². The summed E-state index contributed by atoms with van der Waals surface area (Å²) in [5.74, 6) is -1.61. The molecule has 0 aromatic rings. The van der Waals surface area contributed by atoms with Gasteiger partial charge in [0.1, 0.15) is 0 Å². The second-order valence-electron chi connectivity index (χ2n) is 5.12. The van der Waals surface area contributed by atoms with Crippen molar-refractivity contribution in [1.29, 1.82) is 0 Å². The van der Waals surface area contributed by atoms with Gasteiger partial charge in [0.05, 0.1) is 24.5 Å². The Kier molecular flexibility index (Phi) is 4.70. The van der Waals surface area contributed by atoms with E-state index in [0.29, 0.717) is 19.8 Å². The Bertz CT molecular complexity index is 334. The molecule has 0 saturated carbocycles. The van der Waals surface area contributed by atoms with Crippen molar-refractivity contribution in [2.75, 3.05) is 26.3 Å². The van der Waals surface area contributed by atoms with Crippen LogP contribution in [-0.2, 0) is 14.3 Å². The van der Waals surface area contributed by atoms with Crippen LogP contribution in [0.25, 0.3) is 0 Å². The summed E-state index contributed by atoms with van der Waals surface area (Å²) in [6, 6.07) is -0.334. The lowest BCUT2D eigenvalue weighted by molar-refractivity contribution is -0.146. The van der Waals surface area contributed by atoms with Crippen LogP contribution in [0.1, 0.15) is 20.8 Å². The lowest BCUT2D eigenvalue weighted by atomic mass is 9.84. The van der Waals surface area contributed by atoms with E-state index in [1.165, 1.54) is 0 Å². The zero-order valence-electron chi connectivity index (χ0n) is 11.2. The highest BCUT2D eigenvalue weighted by Gasteiger charge is 2.46. The van der Waals surface area contributed by atoms with Crippen LogP contribution >= 0.6 is 0 Å². The average molecular weight is 258 g/mol. The number of ether oxygens (including phenoxy) is 1. The molecule has 104 valence electrons. The van der Waals surface area contributed by atoms with Crippen LogP contribution in [0.2, 0.25) is 0 Å². The zero-order valence-corrected chi connectivity index (χ0v) is 11.2. The van der Waals surface area contributed by atoms with Gasteiger partial charge in [-0.1, -0.05) is 6.92 Å². The first-order valence-corrected chi connectivity index (χ1v) is 6.18. The highest BCUT2D eigenvalue weighted by atomic mass is 16.5. The standard InChI is InChI=1S/C12H22N2O4/c1-4-14(5-8(2)10(15)16)11(17)12(3)7-18-6-9(12)13/h8-9H,4-7,13H2,1-3H3,(H,15,16). The Balaban J connectivity index is 2.76. The number of aliphatic carboxylic acids is 1. The third-order valence-corrected chi connectivity index (χ3v) is 3.59. The van der Waals surface area contributed by atoms with Gasteiger partial charge in [-0.15, -0.1) is 0 Å². The number of carboxylic acids is 1. The second kappa shape index (κ2) is 5.67. The molecule has 1 saturated heterocycles. The molecule has 0 aliphatic carbocycles. The number of carbonyl (C=O) groups excluding carboxylic acids is 1. The molecule has 0 bridgehead atoms.